The number of anilines is 2. The van der Waals surface area contributed by atoms with E-state index in [0.29, 0.717) is 18.7 Å². The Labute approximate surface area is 181 Å². The van der Waals surface area contributed by atoms with Gasteiger partial charge < -0.3 is 10.2 Å². The van der Waals surface area contributed by atoms with Gasteiger partial charge in [0.15, 0.2) is 0 Å². The molecule has 0 fully saturated rings. The molecule has 154 valence electrons. The SMILES string of the molecule is Cn1cc(-c2cccc(CNc3ccc(C(=O)N4CCc5ccccc54)cn3)c2)cn1. The molecule has 2 aromatic carbocycles. The van der Waals surface area contributed by atoms with E-state index >= 15 is 0 Å². The van der Waals surface area contributed by atoms with Gasteiger partial charge in [-0.25, -0.2) is 4.98 Å². The maximum Gasteiger partial charge on any atom is 0.259 e. The summed E-state index contributed by atoms with van der Waals surface area (Å²) in [5, 5.41) is 7.58. The number of para-hydroxylation sites is 1. The largest absolute Gasteiger partial charge is 0.366 e. The normalized spacial score (nSPS) is 12.6. The summed E-state index contributed by atoms with van der Waals surface area (Å²) in [7, 11) is 1.91. The first-order chi connectivity index (χ1) is 15.2. The van der Waals surface area contributed by atoms with Gasteiger partial charge in [0.2, 0.25) is 0 Å². The third-order valence-corrected chi connectivity index (χ3v) is 5.58. The third kappa shape index (κ3) is 3.92. The smallest absolute Gasteiger partial charge is 0.259 e. The van der Waals surface area contributed by atoms with Gasteiger partial charge in [-0.3, -0.25) is 9.48 Å². The van der Waals surface area contributed by atoms with E-state index in [0.717, 1.165) is 34.6 Å². The molecule has 1 aliphatic heterocycles. The lowest BCUT2D eigenvalue weighted by Gasteiger charge is -2.17. The summed E-state index contributed by atoms with van der Waals surface area (Å²) in [6.07, 6.45) is 6.41. The van der Waals surface area contributed by atoms with Crippen molar-refractivity contribution < 1.29 is 4.79 Å². The molecule has 6 nitrogen and oxygen atoms in total. The molecule has 6 heteroatoms. The molecule has 0 saturated heterocycles. The number of hydrogen-bond donors (Lipinski definition) is 1. The van der Waals surface area contributed by atoms with Crippen molar-refractivity contribution in [3.05, 3.63) is 95.9 Å². The standard InChI is InChI=1S/C25H23N5O/c1-29-17-22(16-28-29)20-7-4-5-18(13-20)14-26-24-10-9-21(15-27-24)25(31)30-12-11-19-6-2-3-8-23(19)30/h2-10,13,15-17H,11-12,14H2,1H3,(H,26,27). The van der Waals surface area contributed by atoms with Crippen molar-refractivity contribution in [1.29, 1.82) is 0 Å². The maximum absolute atomic E-state index is 12.9. The molecule has 5 rings (SSSR count). The zero-order valence-electron chi connectivity index (χ0n) is 17.3. The Kier molecular flexibility index (Phi) is 4.96. The molecule has 0 atom stereocenters. The fourth-order valence-electron chi connectivity index (χ4n) is 3.95. The summed E-state index contributed by atoms with van der Waals surface area (Å²) in [5.41, 5.74) is 6.19. The lowest BCUT2D eigenvalue weighted by molar-refractivity contribution is 0.0989. The molecule has 0 bridgehead atoms. The molecule has 0 spiro atoms. The number of carbonyl (C=O) groups is 1. The number of nitrogens with one attached hydrogen (secondary N) is 1. The molecule has 1 aliphatic rings. The minimum absolute atomic E-state index is 0.00632. The minimum Gasteiger partial charge on any atom is -0.366 e. The highest BCUT2D eigenvalue weighted by atomic mass is 16.2. The highest BCUT2D eigenvalue weighted by molar-refractivity contribution is 6.07. The predicted octanol–water partition coefficient (Wildman–Crippen LogP) is 4.30. The third-order valence-electron chi connectivity index (χ3n) is 5.58. The zero-order chi connectivity index (χ0) is 21.2. The number of aryl methyl sites for hydroxylation is 1. The second kappa shape index (κ2) is 8.07. The molecule has 0 unspecified atom stereocenters. The summed E-state index contributed by atoms with van der Waals surface area (Å²) >= 11 is 0. The second-order valence-electron chi connectivity index (χ2n) is 7.72. The van der Waals surface area contributed by atoms with Gasteiger partial charge in [-0.05, 0) is 47.4 Å². The molecular weight excluding hydrogens is 386 g/mol. The van der Waals surface area contributed by atoms with Crippen LogP contribution in [-0.2, 0) is 20.0 Å². The van der Waals surface area contributed by atoms with Crippen LogP contribution < -0.4 is 10.2 Å². The number of amides is 1. The van der Waals surface area contributed by atoms with Crippen LogP contribution in [0.5, 0.6) is 0 Å². The Morgan fingerprint density at radius 3 is 2.74 bits per heavy atom. The van der Waals surface area contributed by atoms with Gasteiger partial charge in [-0.15, -0.1) is 0 Å². The first-order valence-corrected chi connectivity index (χ1v) is 10.3. The van der Waals surface area contributed by atoms with E-state index in [1.54, 1.807) is 10.9 Å². The van der Waals surface area contributed by atoms with Crippen molar-refractivity contribution in [1.82, 2.24) is 14.8 Å². The first-order valence-electron chi connectivity index (χ1n) is 10.3. The first kappa shape index (κ1) is 19.1. The molecule has 3 heterocycles. The number of benzene rings is 2. The van der Waals surface area contributed by atoms with Crippen LogP contribution >= 0.6 is 0 Å². The number of hydrogen-bond acceptors (Lipinski definition) is 4. The Bertz CT molecular complexity index is 1230. The van der Waals surface area contributed by atoms with Crippen LogP contribution in [0.4, 0.5) is 11.5 Å². The van der Waals surface area contributed by atoms with E-state index in [4.69, 9.17) is 0 Å². The van der Waals surface area contributed by atoms with E-state index in [1.807, 2.05) is 60.7 Å². The van der Waals surface area contributed by atoms with Crippen LogP contribution in [0.15, 0.2) is 79.3 Å². The Morgan fingerprint density at radius 2 is 1.94 bits per heavy atom. The van der Waals surface area contributed by atoms with Gasteiger partial charge in [0.05, 0.1) is 11.8 Å². The summed E-state index contributed by atoms with van der Waals surface area (Å²) in [5.74, 6) is 0.735. The van der Waals surface area contributed by atoms with Crippen LogP contribution in [-0.4, -0.2) is 27.2 Å². The van der Waals surface area contributed by atoms with Gasteiger partial charge in [0, 0.05) is 43.8 Å². The highest BCUT2D eigenvalue weighted by Gasteiger charge is 2.25. The quantitative estimate of drug-likeness (QED) is 0.534. The molecule has 1 N–H and O–H groups in total. The summed E-state index contributed by atoms with van der Waals surface area (Å²) in [4.78, 5) is 19.2. The molecule has 0 radical (unpaired) electrons. The minimum atomic E-state index is -0.00632. The van der Waals surface area contributed by atoms with E-state index in [-0.39, 0.29) is 5.91 Å². The molecular formula is C25H23N5O. The van der Waals surface area contributed by atoms with Crippen molar-refractivity contribution in [2.45, 2.75) is 13.0 Å². The van der Waals surface area contributed by atoms with Crippen LogP contribution in [0, 0.1) is 0 Å². The molecule has 31 heavy (non-hydrogen) atoms. The summed E-state index contributed by atoms with van der Waals surface area (Å²) in [6, 6.07) is 20.1. The second-order valence-corrected chi connectivity index (χ2v) is 7.72. The monoisotopic (exact) mass is 409 g/mol. The summed E-state index contributed by atoms with van der Waals surface area (Å²) in [6.45, 7) is 1.36. The van der Waals surface area contributed by atoms with E-state index < -0.39 is 0 Å². The summed E-state index contributed by atoms with van der Waals surface area (Å²) < 4.78 is 1.80. The Morgan fingerprint density at radius 1 is 1.03 bits per heavy atom. The predicted molar refractivity (Wildman–Crippen MR) is 122 cm³/mol. The van der Waals surface area contributed by atoms with Crippen molar-refractivity contribution in [2.24, 2.45) is 7.05 Å². The van der Waals surface area contributed by atoms with Gasteiger partial charge in [-0.2, -0.15) is 5.10 Å². The van der Waals surface area contributed by atoms with E-state index in [2.05, 4.69) is 39.7 Å². The fraction of sp³-hybridized carbons (Fsp3) is 0.160. The Balaban J connectivity index is 1.25. The van der Waals surface area contributed by atoms with Gasteiger partial charge in [0.1, 0.15) is 5.82 Å². The van der Waals surface area contributed by atoms with Crippen LogP contribution in [0.3, 0.4) is 0 Å². The van der Waals surface area contributed by atoms with Crippen molar-refractivity contribution >= 4 is 17.4 Å². The highest BCUT2D eigenvalue weighted by Crippen LogP contribution is 2.29. The van der Waals surface area contributed by atoms with Gasteiger partial charge >= 0.3 is 0 Å². The molecule has 2 aromatic heterocycles. The molecule has 0 aliphatic carbocycles. The van der Waals surface area contributed by atoms with Crippen molar-refractivity contribution in [2.75, 3.05) is 16.8 Å². The maximum atomic E-state index is 12.9. The number of nitrogens with zero attached hydrogens (tertiary/aromatic N) is 4. The van der Waals surface area contributed by atoms with E-state index in [9.17, 15) is 4.79 Å². The van der Waals surface area contributed by atoms with Crippen molar-refractivity contribution in [3.8, 4) is 11.1 Å². The average molecular weight is 409 g/mol. The number of pyridine rings is 1. The average Bonchev–Trinajstić information content (AvgIpc) is 3.44. The molecule has 0 saturated carbocycles. The molecule has 4 aromatic rings. The lowest BCUT2D eigenvalue weighted by atomic mass is 10.1. The number of fused-ring (bicyclic) bond motifs is 1. The number of rotatable bonds is 5. The Hall–Kier alpha value is -3.93. The van der Waals surface area contributed by atoms with Crippen LogP contribution in [0.25, 0.3) is 11.1 Å². The van der Waals surface area contributed by atoms with Crippen LogP contribution in [0.2, 0.25) is 0 Å². The fourth-order valence-corrected chi connectivity index (χ4v) is 3.95. The van der Waals surface area contributed by atoms with Gasteiger partial charge in [0.25, 0.3) is 5.91 Å². The number of carbonyl (C=O) groups excluding carboxylic acids is 1. The van der Waals surface area contributed by atoms with Gasteiger partial charge in [-0.1, -0.05) is 36.4 Å². The number of aromatic nitrogens is 3. The topological polar surface area (TPSA) is 63.1 Å². The van der Waals surface area contributed by atoms with Crippen molar-refractivity contribution in [3.63, 3.8) is 0 Å². The molecule has 1 amide bonds. The lowest BCUT2D eigenvalue weighted by Crippen LogP contribution is -2.28. The van der Waals surface area contributed by atoms with E-state index in [1.165, 1.54) is 5.56 Å². The zero-order valence-corrected chi connectivity index (χ0v) is 17.3. The van der Waals surface area contributed by atoms with Crippen LogP contribution in [0.1, 0.15) is 21.5 Å².